The Hall–Kier alpha value is -2.80. The summed E-state index contributed by atoms with van der Waals surface area (Å²) in [5, 5.41) is 10.5. The molecule has 6 nitrogen and oxygen atoms in total. The van der Waals surface area contributed by atoms with Gasteiger partial charge in [-0.2, -0.15) is 0 Å². The summed E-state index contributed by atoms with van der Waals surface area (Å²) in [6.07, 6.45) is 1.50. The fourth-order valence-corrected chi connectivity index (χ4v) is 2.83. The molecule has 0 aliphatic heterocycles. The van der Waals surface area contributed by atoms with Crippen LogP contribution in [-0.2, 0) is 6.54 Å². The van der Waals surface area contributed by atoms with Crippen LogP contribution in [0.15, 0.2) is 57.3 Å². The van der Waals surface area contributed by atoms with Crippen LogP contribution in [0.2, 0.25) is 0 Å². The molecule has 1 aromatic carbocycles. The van der Waals surface area contributed by atoms with Crippen LogP contribution < -0.4 is 5.56 Å². The molecule has 3 heterocycles. The predicted octanol–water partition coefficient (Wildman–Crippen LogP) is 2.56. The molecule has 108 valence electrons. The molecule has 4 rings (SSSR count). The summed E-state index contributed by atoms with van der Waals surface area (Å²) in [5.74, 6) is 0.842. The highest BCUT2D eigenvalue weighted by Gasteiger charge is 2.11. The minimum atomic E-state index is -0.124. The second-order valence-corrected chi connectivity index (χ2v) is 5.62. The molecule has 0 N–H and O–H groups in total. The van der Waals surface area contributed by atoms with E-state index in [-0.39, 0.29) is 12.1 Å². The predicted molar refractivity (Wildman–Crippen MR) is 82.7 cm³/mol. The quantitative estimate of drug-likeness (QED) is 0.581. The van der Waals surface area contributed by atoms with Crippen molar-refractivity contribution in [3.05, 3.63) is 64.4 Å². The Morgan fingerprint density at radius 2 is 2.05 bits per heavy atom. The van der Waals surface area contributed by atoms with E-state index in [0.717, 1.165) is 4.88 Å². The van der Waals surface area contributed by atoms with Gasteiger partial charge in [0.25, 0.3) is 11.4 Å². The van der Waals surface area contributed by atoms with Gasteiger partial charge in [-0.05, 0) is 23.6 Å². The van der Waals surface area contributed by atoms with Gasteiger partial charge in [0.1, 0.15) is 6.54 Å². The van der Waals surface area contributed by atoms with Crippen molar-refractivity contribution in [2.75, 3.05) is 0 Å². The summed E-state index contributed by atoms with van der Waals surface area (Å²) < 4.78 is 7.07. The summed E-state index contributed by atoms with van der Waals surface area (Å²) in [6.45, 7) is 0.203. The molecule has 7 heteroatoms. The van der Waals surface area contributed by atoms with Gasteiger partial charge >= 0.3 is 0 Å². The summed E-state index contributed by atoms with van der Waals surface area (Å²) in [5.41, 5.74) is 0.551. The van der Waals surface area contributed by atoms with Crippen LogP contribution in [-0.4, -0.2) is 19.7 Å². The molecule has 0 fully saturated rings. The van der Waals surface area contributed by atoms with Gasteiger partial charge in [-0.1, -0.05) is 18.2 Å². The zero-order chi connectivity index (χ0) is 14.9. The normalized spacial score (nSPS) is 11.1. The molecule has 3 aromatic heterocycles. The van der Waals surface area contributed by atoms with Crippen LogP contribution in [0.4, 0.5) is 0 Å². The third-order valence-corrected chi connectivity index (χ3v) is 4.09. The first-order valence-corrected chi connectivity index (χ1v) is 7.50. The Labute approximate surface area is 128 Å². The van der Waals surface area contributed by atoms with Crippen LogP contribution in [0.5, 0.6) is 0 Å². The molecule has 0 aliphatic carbocycles. The first-order chi connectivity index (χ1) is 10.8. The molecule has 0 unspecified atom stereocenters. The van der Waals surface area contributed by atoms with E-state index in [1.54, 1.807) is 6.07 Å². The third-order valence-electron chi connectivity index (χ3n) is 3.24. The molecule has 0 bridgehead atoms. The zero-order valence-electron chi connectivity index (χ0n) is 11.3. The van der Waals surface area contributed by atoms with E-state index < -0.39 is 0 Å². The lowest BCUT2D eigenvalue weighted by atomic mass is 10.2. The Morgan fingerprint density at radius 3 is 2.91 bits per heavy atom. The molecular weight excluding hydrogens is 300 g/mol. The monoisotopic (exact) mass is 310 g/mol. The highest BCUT2D eigenvalue weighted by atomic mass is 32.1. The van der Waals surface area contributed by atoms with Gasteiger partial charge in [0.05, 0.1) is 22.1 Å². The van der Waals surface area contributed by atoms with Crippen molar-refractivity contribution in [1.82, 2.24) is 19.7 Å². The molecule has 0 atom stereocenters. The van der Waals surface area contributed by atoms with Crippen LogP contribution >= 0.6 is 11.3 Å². The fourth-order valence-electron chi connectivity index (χ4n) is 2.18. The van der Waals surface area contributed by atoms with Gasteiger partial charge < -0.3 is 4.42 Å². The number of thiophene rings is 1. The molecule has 0 amide bonds. The molecule has 4 aromatic rings. The van der Waals surface area contributed by atoms with Crippen molar-refractivity contribution in [3.8, 4) is 10.8 Å². The van der Waals surface area contributed by atoms with Crippen LogP contribution in [0, 0.1) is 0 Å². The first-order valence-electron chi connectivity index (χ1n) is 6.62. The number of aromatic nitrogens is 4. The average molecular weight is 310 g/mol. The highest BCUT2D eigenvalue weighted by Crippen LogP contribution is 2.23. The van der Waals surface area contributed by atoms with Crippen LogP contribution in [0.3, 0.4) is 0 Å². The van der Waals surface area contributed by atoms with Gasteiger partial charge in [-0.3, -0.25) is 9.36 Å². The standard InChI is InChI=1S/C15H10N4O2S/c20-15-10-4-1-2-5-11(10)16-9-19(15)8-13-17-18-14(21-13)12-6-3-7-22-12/h1-7,9H,8H2. The van der Waals surface area contributed by atoms with E-state index in [4.69, 9.17) is 4.42 Å². The number of benzene rings is 1. The highest BCUT2D eigenvalue weighted by molar-refractivity contribution is 7.13. The van der Waals surface area contributed by atoms with Crippen molar-refractivity contribution in [2.45, 2.75) is 6.54 Å². The SMILES string of the molecule is O=c1c2ccccc2ncn1Cc1nnc(-c2cccs2)o1. The zero-order valence-corrected chi connectivity index (χ0v) is 12.2. The topological polar surface area (TPSA) is 73.8 Å². The number of fused-ring (bicyclic) bond motifs is 1. The van der Waals surface area contributed by atoms with E-state index in [1.807, 2.05) is 35.7 Å². The Morgan fingerprint density at radius 1 is 1.14 bits per heavy atom. The minimum absolute atomic E-state index is 0.124. The Balaban J connectivity index is 1.69. The Bertz CT molecular complexity index is 988. The van der Waals surface area contributed by atoms with E-state index in [1.165, 1.54) is 22.2 Å². The number of rotatable bonds is 3. The third kappa shape index (κ3) is 2.21. The van der Waals surface area contributed by atoms with E-state index in [0.29, 0.717) is 22.7 Å². The minimum Gasteiger partial charge on any atom is -0.418 e. The number of para-hydroxylation sites is 1. The fraction of sp³-hybridized carbons (Fsp3) is 0.0667. The molecule has 0 radical (unpaired) electrons. The summed E-state index contributed by atoms with van der Waals surface area (Å²) >= 11 is 1.52. The van der Waals surface area contributed by atoms with E-state index in [2.05, 4.69) is 15.2 Å². The van der Waals surface area contributed by atoms with Gasteiger partial charge in [-0.15, -0.1) is 21.5 Å². The van der Waals surface area contributed by atoms with Crippen LogP contribution in [0.25, 0.3) is 21.7 Å². The van der Waals surface area contributed by atoms with E-state index in [9.17, 15) is 4.79 Å². The van der Waals surface area contributed by atoms with Gasteiger partial charge in [0.15, 0.2) is 0 Å². The van der Waals surface area contributed by atoms with Crippen molar-refractivity contribution >= 4 is 22.2 Å². The van der Waals surface area contributed by atoms with Crippen molar-refractivity contribution in [2.24, 2.45) is 0 Å². The maximum absolute atomic E-state index is 12.4. The first kappa shape index (κ1) is 12.9. The number of hydrogen-bond donors (Lipinski definition) is 0. The molecule has 22 heavy (non-hydrogen) atoms. The lowest BCUT2D eigenvalue weighted by Gasteiger charge is -2.03. The summed E-state index contributed by atoms with van der Waals surface area (Å²) in [6, 6.07) is 11.1. The van der Waals surface area contributed by atoms with Gasteiger partial charge in [-0.25, -0.2) is 4.98 Å². The largest absolute Gasteiger partial charge is 0.418 e. The number of hydrogen-bond acceptors (Lipinski definition) is 6. The molecule has 0 saturated heterocycles. The molecule has 0 spiro atoms. The van der Waals surface area contributed by atoms with Crippen molar-refractivity contribution < 1.29 is 4.42 Å². The molecule has 0 saturated carbocycles. The molecular formula is C15H10N4O2S. The summed E-state index contributed by atoms with van der Waals surface area (Å²) in [7, 11) is 0. The summed E-state index contributed by atoms with van der Waals surface area (Å²) in [4.78, 5) is 17.6. The maximum atomic E-state index is 12.4. The second-order valence-electron chi connectivity index (χ2n) is 4.67. The average Bonchev–Trinajstić information content (AvgIpc) is 3.21. The smallest absolute Gasteiger partial charge is 0.261 e. The van der Waals surface area contributed by atoms with Crippen molar-refractivity contribution in [1.29, 1.82) is 0 Å². The van der Waals surface area contributed by atoms with Gasteiger partial charge in [0, 0.05) is 0 Å². The number of nitrogens with zero attached hydrogens (tertiary/aromatic N) is 4. The second kappa shape index (κ2) is 5.19. The lowest BCUT2D eigenvalue weighted by molar-refractivity contribution is 0.484. The van der Waals surface area contributed by atoms with Gasteiger partial charge in [0.2, 0.25) is 5.89 Å². The van der Waals surface area contributed by atoms with Crippen molar-refractivity contribution in [3.63, 3.8) is 0 Å². The molecule has 0 aliphatic rings. The Kier molecular flexibility index (Phi) is 3.05. The van der Waals surface area contributed by atoms with Crippen LogP contribution in [0.1, 0.15) is 5.89 Å². The maximum Gasteiger partial charge on any atom is 0.261 e. The van der Waals surface area contributed by atoms with E-state index >= 15 is 0 Å². The lowest BCUT2D eigenvalue weighted by Crippen LogP contribution is -2.21.